The van der Waals surface area contributed by atoms with Crippen LogP contribution in [0, 0.1) is 0 Å². The van der Waals surface area contributed by atoms with Crippen molar-refractivity contribution in [1.29, 1.82) is 0 Å². The van der Waals surface area contributed by atoms with Gasteiger partial charge in [0.2, 0.25) is 0 Å². The molecule has 0 N–H and O–H groups in total. The summed E-state index contributed by atoms with van der Waals surface area (Å²) in [4.78, 5) is 12.3. The molecule has 0 aliphatic heterocycles. The molecule has 1 atom stereocenters. The highest BCUT2D eigenvalue weighted by Crippen LogP contribution is 2.32. The summed E-state index contributed by atoms with van der Waals surface area (Å²) in [5.74, 6) is 2.42. The van der Waals surface area contributed by atoms with Crippen molar-refractivity contribution in [1.82, 2.24) is 0 Å². The van der Waals surface area contributed by atoms with E-state index >= 15 is 0 Å². The predicted molar refractivity (Wildman–Crippen MR) is 63.0 cm³/mol. The zero-order valence-electron chi connectivity index (χ0n) is 9.84. The number of hydrogen-bond donors (Lipinski definition) is 0. The van der Waals surface area contributed by atoms with Crippen LogP contribution < -0.4 is 5.43 Å². The molecule has 0 spiro atoms. The van der Waals surface area contributed by atoms with Gasteiger partial charge in [-0.2, -0.15) is 0 Å². The Balaban J connectivity index is 2.22. The minimum atomic E-state index is 0.308. The van der Waals surface area contributed by atoms with E-state index in [4.69, 9.17) is 4.42 Å². The molecule has 1 aromatic heterocycles. The molecule has 0 fully saturated rings. The minimum absolute atomic E-state index is 0.308. The van der Waals surface area contributed by atoms with Crippen LogP contribution in [0.1, 0.15) is 61.2 Å². The average Bonchev–Trinajstić information content (AvgIpc) is 2.31. The Labute approximate surface area is 95.7 Å². The Morgan fingerprint density at radius 2 is 1.81 bits per heavy atom. The molecule has 1 aromatic rings. The Morgan fingerprint density at radius 1 is 1.06 bits per heavy atom. The fraction of sp³-hybridized carbons (Fsp3) is 0.643. The molecule has 2 heteroatoms. The van der Waals surface area contributed by atoms with E-state index in [1.807, 2.05) is 0 Å². The van der Waals surface area contributed by atoms with Crippen molar-refractivity contribution in [3.05, 3.63) is 32.9 Å². The van der Waals surface area contributed by atoms with Gasteiger partial charge in [-0.3, -0.25) is 4.79 Å². The Hall–Kier alpha value is -1.05. The van der Waals surface area contributed by atoms with Crippen LogP contribution >= 0.6 is 0 Å². The molecule has 0 bridgehead atoms. The van der Waals surface area contributed by atoms with Gasteiger partial charge in [-0.05, 0) is 38.5 Å². The molecule has 1 heterocycles. The van der Waals surface area contributed by atoms with E-state index in [1.54, 1.807) is 0 Å². The molecule has 0 unspecified atom stereocenters. The first-order valence-electron chi connectivity index (χ1n) is 6.45. The quantitative estimate of drug-likeness (QED) is 0.670. The van der Waals surface area contributed by atoms with E-state index in [0.29, 0.717) is 11.3 Å². The molecule has 0 amide bonds. The van der Waals surface area contributed by atoms with Crippen LogP contribution in [0.15, 0.2) is 9.21 Å². The van der Waals surface area contributed by atoms with Crippen molar-refractivity contribution in [2.75, 3.05) is 0 Å². The molecule has 0 aromatic carbocycles. The Bertz CT molecular complexity index is 470. The predicted octanol–water partition coefficient (Wildman–Crippen LogP) is 2.96. The summed E-state index contributed by atoms with van der Waals surface area (Å²) in [5, 5.41) is 0. The van der Waals surface area contributed by atoms with Crippen molar-refractivity contribution in [3.63, 3.8) is 0 Å². The molecule has 0 saturated heterocycles. The lowest BCUT2D eigenvalue weighted by molar-refractivity contribution is 0.366. The summed E-state index contributed by atoms with van der Waals surface area (Å²) in [6.45, 7) is 2.18. The van der Waals surface area contributed by atoms with Gasteiger partial charge >= 0.3 is 0 Å². The monoisotopic (exact) mass is 218 g/mol. The van der Waals surface area contributed by atoms with Gasteiger partial charge in [0, 0.05) is 23.5 Å². The molecule has 2 aliphatic rings. The zero-order chi connectivity index (χ0) is 11.1. The van der Waals surface area contributed by atoms with Crippen LogP contribution in [0.4, 0.5) is 0 Å². The lowest BCUT2D eigenvalue weighted by Gasteiger charge is -2.24. The number of fused-ring (bicyclic) bond motifs is 2. The van der Waals surface area contributed by atoms with Crippen LogP contribution in [0.25, 0.3) is 0 Å². The lowest BCUT2D eigenvalue weighted by atomic mass is 9.86. The zero-order valence-corrected chi connectivity index (χ0v) is 9.84. The largest absolute Gasteiger partial charge is 0.465 e. The van der Waals surface area contributed by atoms with Gasteiger partial charge in [0.05, 0.1) is 0 Å². The Kier molecular flexibility index (Phi) is 2.38. The van der Waals surface area contributed by atoms with E-state index in [1.165, 1.54) is 6.42 Å². The molecule has 3 rings (SSSR count). The van der Waals surface area contributed by atoms with Crippen molar-refractivity contribution >= 4 is 0 Å². The molecule has 86 valence electrons. The minimum Gasteiger partial charge on any atom is -0.465 e. The summed E-state index contributed by atoms with van der Waals surface area (Å²) in [6.07, 6.45) is 7.43. The summed E-state index contributed by atoms with van der Waals surface area (Å²) >= 11 is 0. The van der Waals surface area contributed by atoms with E-state index in [0.717, 1.165) is 61.2 Å². The van der Waals surface area contributed by atoms with Gasteiger partial charge in [-0.1, -0.05) is 6.92 Å². The first kappa shape index (κ1) is 10.1. The second-order valence-electron chi connectivity index (χ2n) is 5.18. The van der Waals surface area contributed by atoms with Gasteiger partial charge < -0.3 is 4.42 Å². The topological polar surface area (TPSA) is 30.2 Å². The molecule has 0 radical (unpaired) electrons. The molecular formula is C14H18O2. The maximum atomic E-state index is 12.3. The van der Waals surface area contributed by atoms with Gasteiger partial charge in [0.15, 0.2) is 5.43 Å². The number of aryl methyl sites for hydroxylation is 1. The lowest BCUT2D eigenvalue weighted by Crippen LogP contribution is -2.25. The maximum absolute atomic E-state index is 12.3. The van der Waals surface area contributed by atoms with Gasteiger partial charge in [0.1, 0.15) is 11.5 Å². The normalized spacial score (nSPS) is 23.7. The van der Waals surface area contributed by atoms with E-state index in [-0.39, 0.29) is 0 Å². The SMILES string of the molecule is C[C@H]1CCCc2c1oc1c(c2=O)CCCC1. The molecule has 2 aliphatic carbocycles. The van der Waals surface area contributed by atoms with E-state index in [9.17, 15) is 4.79 Å². The summed E-state index contributed by atoms with van der Waals surface area (Å²) in [7, 11) is 0. The highest BCUT2D eigenvalue weighted by Gasteiger charge is 2.26. The van der Waals surface area contributed by atoms with Crippen LogP contribution in [0.2, 0.25) is 0 Å². The van der Waals surface area contributed by atoms with Crippen LogP contribution in [-0.2, 0) is 19.3 Å². The molecule has 0 saturated carbocycles. The third-order valence-corrected chi connectivity index (χ3v) is 4.01. The van der Waals surface area contributed by atoms with Gasteiger partial charge in [-0.15, -0.1) is 0 Å². The molecular weight excluding hydrogens is 200 g/mol. The van der Waals surface area contributed by atoms with Crippen LogP contribution in [0.3, 0.4) is 0 Å². The first-order valence-corrected chi connectivity index (χ1v) is 6.45. The summed E-state index contributed by atoms with van der Waals surface area (Å²) in [5.41, 5.74) is 2.28. The maximum Gasteiger partial charge on any atom is 0.191 e. The van der Waals surface area contributed by atoms with Gasteiger partial charge in [-0.25, -0.2) is 0 Å². The second kappa shape index (κ2) is 3.76. The highest BCUT2D eigenvalue weighted by molar-refractivity contribution is 5.32. The summed E-state index contributed by atoms with van der Waals surface area (Å²) in [6, 6.07) is 0. The van der Waals surface area contributed by atoms with Gasteiger partial charge in [0.25, 0.3) is 0 Å². The standard InChI is InChI=1S/C14H18O2/c1-9-5-4-7-11-13(15)10-6-2-3-8-12(10)16-14(9)11/h9H,2-8H2,1H3/t9-/m0/s1. The van der Waals surface area contributed by atoms with E-state index in [2.05, 4.69) is 6.92 Å². The van der Waals surface area contributed by atoms with Crippen molar-refractivity contribution in [2.24, 2.45) is 0 Å². The third kappa shape index (κ3) is 1.43. The third-order valence-electron chi connectivity index (χ3n) is 4.01. The van der Waals surface area contributed by atoms with Crippen LogP contribution in [-0.4, -0.2) is 0 Å². The van der Waals surface area contributed by atoms with E-state index < -0.39 is 0 Å². The molecule has 2 nitrogen and oxygen atoms in total. The second-order valence-corrected chi connectivity index (χ2v) is 5.18. The van der Waals surface area contributed by atoms with Crippen molar-refractivity contribution < 1.29 is 4.42 Å². The summed E-state index contributed by atoms with van der Waals surface area (Å²) < 4.78 is 6.02. The highest BCUT2D eigenvalue weighted by atomic mass is 16.3. The molecule has 16 heavy (non-hydrogen) atoms. The number of rotatable bonds is 0. The van der Waals surface area contributed by atoms with Crippen molar-refractivity contribution in [3.8, 4) is 0 Å². The average molecular weight is 218 g/mol. The van der Waals surface area contributed by atoms with Crippen LogP contribution in [0.5, 0.6) is 0 Å². The Morgan fingerprint density at radius 3 is 2.69 bits per heavy atom. The first-order chi connectivity index (χ1) is 7.77. The fourth-order valence-corrected chi connectivity index (χ4v) is 3.07. The smallest absolute Gasteiger partial charge is 0.191 e. The fourth-order valence-electron chi connectivity index (χ4n) is 3.07. The number of hydrogen-bond acceptors (Lipinski definition) is 2. The van der Waals surface area contributed by atoms with Crippen molar-refractivity contribution in [2.45, 2.75) is 57.8 Å².